The number of amides is 2. The molecule has 3 aromatic rings. The quantitative estimate of drug-likeness (QED) is 0.317. The van der Waals surface area contributed by atoms with E-state index in [2.05, 4.69) is 5.32 Å². The predicted octanol–water partition coefficient (Wildman–Crippen LogP) is 4.92. The first-order valence-corrected chi connectivity index (χ1v) is 15.0. The molecular weight excluding hydrogens is 526 g/mol. The maximum absolute atomic E-state index is 14.0. The Morgan fingerprint density at radius 2 is 1.52 bits per heavy atom. The van der Waals surface area contributed by atoms with E-state index in [0.29, 0.717) is 24.5 Å². The Kier molecular flexibility index (Phi) is 10.7. The van der Waals surface area contributed by atoms with Gasteiger partial charge in [-0.15, -0.1) is 0 Å². The summed E-state index contributed by atoms with van der Waals surface area (Å²) in [5.74, 6) is -0.210. The van der Waals surface area contributed by atoms with Crippen LogP contribution in [0.5, 0.6) is 5.75 Å². The lowest BCUT2D eigenvalue weighted by atomic mass is 10.1. The van der Waals surface area contributed by atoms with Gasteiger partial charge in [0.1, 0.15) is 18.3 Å². The summed E-state index contributed by atoms with van der Waals surface area (Å²) in [6.45, 7) is 9.45. The molecule has 0 heterocycles. The third-order valence-corrected chi connectivity index (χ3v) is 8.12. The molecule has 0 spiro atoms. The number of hydrogen-bond donors (Lipinski definition) is 1. The van der Waals surface area contributed by atoms with Gasteiger partial charge in [-0.25, -0.2) is 8.42 Å². The highest BCUT2D eigenvalue weighted by molar-refractivity contribution is 7.92. The SMILES string of the molecule is CCOc1ccc(S(=O)(=O)N(CC(=O)N(Cc2ccccc2)C(CC)C(=O)NC(C)C)c2ccc(C)cc2)cc1. The number of anilines is 1. The first kappa shape index (κ1) is 30.7. The average Bonchev–Trinajstić information content (AvgIpc) is 2.92. The highest BCUT2D eigenvalue weighted by Crippen LogP contribution is 2.26. The zero-order chi connectivity index (χ0) is 29.3. The number of nitrogens with zero attached hydrogens (tertiary/aromatic N) is 2. The third kappa shape index (κ3) is 7.85. The molecule has 0 aliphatic carbocycles. The van der Waals surface area contributed by atoms with Crippen LogP contribution in [0.4, 0.5) is 5.69 Å². The number of aryl methyl sites for hydroxylation is 1. The van der Waals surface area contributed by atoms with Crippen molar-refractivity contribution >= 4 is 27.5 Å². The Hall–Kier alpha value is -3.85. The fraction of sp³-hybridized carbons (Fsp3) is 0.355. The molecule has 0 bridgehead atoms. The number of carbonyl (C=O) groups is 2. The van der Waals surface area contributed by atoms with E-state index in [1.54, 1.807) is 36.4 Å². The van der Waals surface area contributed by atoms with Gasteiger partial charge in [-0.05, 0) is 76.1 Å². The second-order valence-electron chi connectivity index (χ2n) is 9.85. The standard InChI is InChI=1S/C31H39N3O5S/c1-6-29(31(36)32-23(3)4)33(21-25-11-9-8-10-12-25)30(35)22-34(26-15-13-24(5)14-16-26)40(37,38)28-19-17-27(18-20-28)39-7-2/h8-20,23,29H,6-7,21-22H2,1-5H3,(H,32,36). The molecular formula is C31H39N3O5S. The molecule has 0 saturated heterocycles. The number of sulfonamides is 1. The molecule has 1 unspecified atom stereocenters. The van der Waals surface area contributed by atoms with E-state index in [-0.39, 0.29) is 23.4 Å². The van der Waals surface area contributed by atoms with Crippen LogP contribution in [0.25, 0.3) is 0 Å². The summed E-state index contributed by atoms with van der Waals surface area (Å²) in [7, 11) is -4.14. The topological polar surface area (TPSA) is 96.0 Å². The molecule has 40 heavy (non-hydrogen) atoms. The van der Waals surface area contributed by atoms with Crippen LogP contribution in [0.2, 0.25) is 0 Å². The van der Waals surface area contributed by atoms with Crippen molar-refractivity contribution in [1.29, 1.82) is 0 Å². The smallest absolute Gasteiger partial charge is 0.264 e. The molecule has 214 valence electrons. The van der Waals surface area contributed by atoms with Gasteiger partial charge in [-0.2, -0.15) is 0 Å². The molecule has 0 aliphatic heterocycles. The summed E-state index contributed by atoms with van der Waals surface area (Å²) < 4.78 is 34.5. The first-order chi connectivity index (χ1) is 19.1. The highest BCUT2D eigenvalue weighted by atomic mass is 32.2. The fourth-order valence-electron chi connectivity index (χ4n) is 4.32. The van der Waals surface area contributed by atoms with Crippen LogP contribution in [0.15, 0.2) is 83.8 Å². The molecule has 9 heteroatoms. The van der Waals surface area contributed by atoms with E-state index in [1.165, 1.54) is 17.0 Å². The van der Waals surface area contributed by atoms with Gasteiger partial charge >= 0.3 is 0 Å². The third-order valence-electron chi connectivity index (χ3n) is 6.34. The van der Waals surface area contributed by atoms with Gasteiger partial charge in [0.2, 0.25) is 11.8 Å². The first-order valence-electron chi connectivity index (χ1n) is 13.5. The second-order valence-corrected chi connectivity index (χ2v) is 11.7. The zero-order valence-electron chi connectivity index (χ0n) is 23.8. The number of nitrogens with one attached hydrogen (secondary N) is 1. The van der Waals surface area contributed by atoms with Crippen LogP contribution in [-0.4, -0.2) is 50.4 Å². The molecule has 0 aromatic heterocycles. The van der Waals surface area contributed by atoms with Crippen molar-refractivity contribution in [1.82, 2.24) is 10.2 Å². The van der Waals surface area contributed by atoms with Crippen molar-refractivity contribution in [2.24, 2.45) is 0 Å². The Bertz CT molecular complexity index is 1360. The normalized spacial score (nSPS) is 12.1. The van der Waals surface area contributed by atoms with Crippen LogP contribution in [-0.2, 0) is 26.2 Å². The van der Waals surface area contributed by atoms with Gasteiger partial charge in [-0.3, -0.25) is 13.9 Å². The van der Waals surface area contributed by atoms with Gasteiger partial charge in [0.25, 0.3) is 10.0 Å². The highest BCUT2D eigenvalue weighted by Gasteiger charge is 2.33. The minimum absolute atomic E-state index is 0.0310. The predicted molar refractivity (Wildman–Crippen MR) is 158 cm³/mol. The molecule has 3 rings (SSSR count). The van der Waals surface area contributed by atoms with Crippen LogP contribution in [0.3, 0.4) is 0 Å². The number of hydrogen-bond acceptors (Lipinski definition) is 5. The summed E-state index contributed by atoms with van der Waals surface area (Å²) in [6, 6.07) is 21.6. The lowest BCUT2D eigenvalue weighted by molar-refractivity contribution is -0.140. The van der Waals surface area contributed by atoms with Crippen molar-refractivity contribution in [2.75, 3.05) is 17.5 Å². The lowest BCUT2D eigenvalue weighted by Gasteiger charge is -2.33. The largest absolute Gasteiger partial charge is 0.494 e. The van der Waals surface area contributed by atoms with Crippen LogP contribution < -0.4 is 14.4 Å². The van der Waals surface area contributed by atoms with Gasteiger partial charge in [0.05, 0.1) is 17.2 Å². The zero-order valence-corrected chi connectivity index (χ0v) is 24.6. The van der Waals surface area contributed by atoms with Crippen molar-refractivity contribution in [3.63, 3.8) is 0 Å². The summed E-state index contributed by atoms with van der Waals surface area (Å²) in [4.78, 5) is 28.7. The molecule has 3 aromatic carbocycles. The van der Waals surface area contributed by atoms with Crippen LogP contribution in [0, 0.1) is 6.92 Å². The number of benzene rings is 3. The van der Waals surface area contributed by atoms with Gasteiger partial charge < -0.3 is 15.0 Å². The minimum Gasteiger partial charge on any atom is -0.494 e. The van der Waals surface area contributed by atoms with E-state index in [9.17, 15) is 18.0 Å². The van der Waals surface area contributed by atoms with E-state index in [4.69, 9.17) is 4.74 Å². The minimum atomic E-state index is -4.14. The van der Waals surface area contributed by atoms with Gasteiger partial charge in [-0.1, -0.05) is 55.0 Å². The van der Waals surface area contributed by atoms with Gasteiger partial charge in [0, 0.05) is 12.6 Å². The Balaban J connectivity index is 2.03. The Labute approximate surface area is 238 Å². The monoisotopic (exact) mass is 565 g/mol. The van der Waals surface area contributed by atoms with Crippen molar-refractivity contribution in [2.45, 2.75) is 64.6 Å². The molecule has 8 nitrogen and oxygen atoms in total. The van der Waals surface area contributed by atoms with Crippen LogP contribution in [0.1, 0.15) is 45.2 Å². The molecule has 2 amide bonds. The number of carbonyl (C=O) groups excluding carboxylic acids is 2. The van der Waals surface area contributed by atoms with E-state index < -0.39 is 28.5 Å². The van der Waals surface area contributed by atoms with Crippen LogP contribution >= 0.6 is 0 Å². The van der Waals surface area contributed by atoms with E-state index >= 15 is 0 Å². The second kappa shape index (κ2) is 14.0. The number of rotatable bonds is 13. The maximum Gasteiger partial charge on any atom is 0.264 e. The summed E-state index contributed by atoms with van der Waals surface area (Å²) in [5, 5.41) is 2.90. The Morgan fingerprint density at radius 3 is 2.08 bits per heavy atom. The molecule has 1 N–H and O–H groups in total. The lowest BCUT2D eigenvalue weighted by Crippen LogP contribution is -2.53. The molecule has 0 radical (unpaired) electrons. The number of ether oxygens (including phenoxy) is 1. The molecule has 0 saturated carbocycles. The molecule has 1 atom stereocenters. The summed E-state index contributed by atoms with van der Waals surface area (Å²) >= 11 is 0. The van der Waals surface area contributed by atoms with Crippen molar-refractivity contribution in [3.05, 3.63) is 90.0 Å². The molecule has 0 fully saturated rings. The van der Waals surface area contributed by atoms with E-state index in [1.807, 2.05) is 65.0 Å². The Morgan fingerprint density at radius 1 is 0.900 bits per heavy atom. The summed E-state index contributed by atoms with van der Waals surface area (Å²) in [6.07, 6.45) is 0.368. The van der Waals surface area contributed by atoms with Crippen molar-refractivity contribution in [3.8, 4) is 5.75 Å². The average molecular weight is 566 g/mol. The molecule has 0 aliphatic rings. The maximum atomic E-state index is 14.0. The van der Waals surface area contributed by atoms with Gasteiger partial charge in [0.15, 0.2) is 0 Å². The summed E-state index contributed by atoms with van der Waals surface area (Å²) in [5.41, 5.74) is 2.14. The van der Waals surface area contributed by atoms with Crippen molar-refractivity contribution < 1.29 is 22.7 Å². The fourth-order valence-corrected chi connectivity index (χ4v) is 5.74. The van der Waals surface area contributed by atoms with E-state index in [0.717, 1.165) is 15.4 Å².